The highest BCUT2D eigenvalue weighted by Gasteiger charge is 2.24. The van der Waals surface area contributed by atoms with E-state index >= 15 is 0 Å². The molecule has 5 nitrogen and oxygen atoms in total. The van der Waals surface area contributed by atoms with Gasteiger partial charge in [0.25, 0.3) is 0 Å². The Morgan fingerprint density at radius 3 is 2.67 bits per heavy atom. The molecule has 0 radical (unpaired) electrons. The minimum Gasteiger partial charge on any atom is -0.326 e. The van der Waals surface area contributed by atoms with Crippen molar-refractivity contribution < 1.29 is 8.42 Å². The molecule has 0 aromatic heterocycles. The monoisotopic (exact) mass is 311 g/mol. The number of nitrogens with two attached hydrogens (primary N) is 1. The molecule has 0 unspecified atom stereocenters. The number of hydrogen-bond donors (Lipinski definition) is 2. The van der Waals surface area contributed by atoms with Crippen molar-refractivity contribution in [1.82, 2.24) is 9.62 Å². The molecule has 0 bridgehead atoms. The summed E-state index contributed by atoms with van der Waals surface area (Å²) in [6, 6.07) is 6.87. The van der Waals surface area contributed by atoms with E-state index in [0.717, 1.165) is 44.5 Å². The highest BCUT2D eigenvalue weighted by atomic mass is 32.2. The van der Waals surface area contributed by atoms with E-state index < -0.39 is 10.0 Å². The second-order valence-electron chi connectivity index (χ2n) is 5.59. The van der Waals surface area contributed by atoms with Gasteiger partial charge in [0.1, 0.15) is 0 Å². The van der Waals surface area contributed by atoms with Crippen LogP contribution in [0.15, 0.2) is 29.2 Å². The van der Waals surface area contributed by atoms with Gasteiger partial charge in [0.05, 0.1) is 4.90 Å². The third-order valence-electron chi connectivity index (χ3n) is 3.89. The normalized spacial score (nSPS) is 18.0. The van der Waals surface area contributed by atoms with E-state index in [9.17, 15) is 8.42 Å². The van der Waals surface area contributed by atoms with Crippen LogP contribution in [-0.2, 0) is 16.6 Å². The lowest BCUT2D eigenvalue weighted by Crippen LogP contribution is -2.44. The summed E-state index contributed by atoms with van der Waals surface area (Å²) in [5.74, 6) is 0. The van der Waals surface area contributed by atoms with Crippen LogP contribution in [0.2, 0.25) is 0 Å². The lowest BCUT2D eigenvalue weighted by Gasteiger charge is -2.31. The molecular weight excluding hydrogens is 286 g/mol. The van der Waals surface area contributed by atoms with Crippen molar-refractivity contribution in [3.05, 3.63) is 29.8 Å². The van der Waals surface area contributed by atoms with E-state index in [4.69, 9.17) is 5.73 Å². The molecule has 0 amide bonds. The predicted molar refractivity (Wildman–Crippen MR) is 84.4 cm³/mol. The smallest absolute Gasteiger partial charge is 0.240 e. The zero-order valence-electron chi connectivity index (χ0n) is 12.6. The van der Waals surface area contributed by atoms with Crippen LogP contribution in [0.1, 0.15) is 31.7 Å². The van der Waals surface area contributed by atoms with Gasteiger partial charge in [0.2, 0.25) is 10.0 Å². The lowest BCUT2D eigenvalue weighted by atomic mass is 10.1. The van der Waals surface area contributed by atoms with E-state index in [-0.39, 0.29) is 6.04 Å². The topological polar surface area (TPSA) is 75.4 Å². The van der Waals surface area contributed by atoms with Gasteiger partial charge in [-0.05, 0) is 56.6 Å². The Bertz CT molecular complexity index is 552. The van der Waals surface area contributed by atoms with Gasteiger partial charge in [0.15, 0.2) is 0 Å². The van der Waals surface area contributed by atoms with Gasteiger partial charge >= 0.3 is 0 Å². The summed E-state index contributed by atoms with van der Waals surface area (Å²) in [7, 11) is -3.45. The van der Waals surface area contributed by atoms with Crippen molar-refractivity contribution in [2.24, 2.45) is 5.73 Å². The van der Waals surface area contributed by atoms with Gasteiger partial charge in [-0.2, -0.15) is 0 Å². The summed E-state index contributed by atoms with van der Waals surface area (Å²) in [6.45, 7) is 5.53. The molecule has 6 heteroatoms. The predicted octanol–water partition coefficient (Wildman–Crippen LogP) is 1.30. The largest absolute Gasteiger partial charge is 0.326 e. The number of hydrogen-bond acceptors (Lipinski definition) is 4. The molecule has 0 aliphatic carbocycles. The Kier molecular flexibility index (Phi) is 5.75. The second-order valence-corrected chi connectivity index (χ2v) is 7.30. The molecule has 1 aliphatic rings. The third kappa shape index (κ3) is 4.51. The van der Waals surface area contributed by atoms with Gasteiger partial charge in [-0.3, -0.25) is 0 Å². The quantitative estimate of drug-likeness (QED) is 0.830. The van der Waals surface area contributed by atoms with Crippen LogP contribution >= 0.6 is 0 Å². The van der Waals surface area contributed by atoms with Crippen molar-refractivity contribution >= 4 is 10.0 Å². The second kappa shape index (κ2) is 7.35. The van der Waals surface area contributed by atoms with Gasteiger partial charge in [0, 0.05) is 12.6 Å². The summed E-state index contributed by atoms with van der Waals surface area (Å²) in [5.41, 5.74) is 6.40. The minimum absolute atomic E-state index is 0.0321. The fraction of sp³-hybridized carbons (Fsp3) is 0.600. The molecule has 1 saturated heterocycles. The van der Waals surface area contributed by atoms with Crippen LogP contribution in [0.5, 0.6) is 0 Å². The minimum atomic E-state index is -3.45. The first-order chi connectivity index (χ1) is 10.0. The van der Waals surface area contributed by atoms with Crippen LogP contribution < -0.4 is 10.5 Å². The van der Waals surface area contributed by atoms with Crippen LogP contribution in [0.3, 0.4) is 0 Å². The summed E-state index contributed by atoms with van der Waals surface area (Å²) < 4.78 is 27.7. The number of piperidine rings is 1. The van der Waals surface area contributed by atoms with Crippen molar-refractivity contribution in [2.45, 2.75) is 43.7 Å². The van der Waals surface area contributed by atoms with Gasteiger partial charge in [-0.25, -0.2) is 13.1 Å². The molecule has 1 aromatic carbocycles. The molecule has 1 aliphatic heterocycles. The average molecular weight is 311 g/mol. The zero-order valence-corrected chi connectivity index (χ0v) is 13.4. The SMILES string of the molecule is CCCN1CCC(NS(=O)(=O)c2cccc(CN)c2)CC1. The number of benzene rings is 1. The van der Waals surface area contributed by atoms with E-state index in [1.165, 1.54) is 0 Å². The molecule has 0 spiro atoms. The maximum absolute atomic E-state index is 12.4. The van der Waals surface area contributed by atoms with Gasteiger partial charge < -0.3 is 10.6 Å². The van der Waals surface area contributed by atoms with E-state index in [2.05, 4.69) is 16.5 Å². The molecule has 118 valence electrons. The Balaban J connectivity index is 1.98. The summed E-state index contributed by atoms with van der Waals surface area (Å²) in [5, 5.41) is 0. The standard InChI is InChI=1S/C15H25N3O2S/c1-2-8-18-9-6-14(7-10-18)17-21(19,20)15-5-3-4-13(11-15)12-16/h3-5,11,14,17H,2,6-10,12,16H2,1H3. The number of nitrogens with one attached hydrogen (secondary N) is 1. The molecule has 1 aromatic rings. The van der Waals surface area contributed by atoms with Crippen LogP contribution in [0.4, 0.5) is 0 Å². The Hall–Kier alpha value is -0.950. The maximum Gasteiger partial charge on any atom is 0.240 e. The molecule has 2 rings (SSSR count). The van der Waals surface area contributed by atoms with Crippen molar-refractivity contribution in [1.29, 1.82) is 0 Å². The highest BCUT2D eigenvalue weighted by molar-refractivity contribution is 7.89. The fourth-order valence-corrected chi connectivity index (χ4v) is 4.09. The number of nitrogens with zero attached hydrogens (tertiary/aromatic N) is 1. The summed E-state index contributed by atoms with van der Waals surface area (Å²) in [6.07, 6.45) is 2.88. The molecular formula is C15H25N3O2S. The van der Waals surface area contributed by atoms with E-state index in [0.29, 0.717) is 11.4 Å². The highest BCUT2D eigenvalue weighted by Crippen LogP contribution is 2.16. The molecule has 3 N–H and O–H groups in total. The summed E-state index contributed by atoms with van der Waals surface area (Å²) >= 11 is 0. The first kappa shape index (κ1) is 16.4. The van der Waals surface area contributed by atoms with E-state index in [1.807, 2.05) is 6.07 Å². The molecule has 0 saturated carbocycles. The average Bonchev–Trinajstić information content (AvgIpc) is 2.49. The lowest BCUT2D eigenvalue weighted by molar-refractivity contribution is 0.208. The van der Waals surface area contributed by atoms with Crippen LogP contribution in [0, 0.1) is 0 Å². The van der Waals surface area contributed by atoms with Crippen molar-refractivity contribution in [3.63, 3.8) is 0 Å². The molecule has 1 heterocycles. The first-order valence-corrected chi connectivity index (χ1v) is 9.07. The van der Waals surface area contributed by atoms with Crippen LogP contribution in [-0.4, -0.2) is 39.0 Å². The molecule has 21 heavy (non-hydrogen) atoms. The Morgan fingerprint density at radius 1 is 1.33 bits per heavy atom. The first-order valence-electron chi connectivity index (χ1n) is 7.59. The number of sulfonamides is 1. The maximum atomic E-state index is 12.4. The van der Waals surface area contributed by atoms with Gasteiger partial charge in [-0.15, -0.1) is 0 Å². The summed E-state index contributed by atoms with van der Waals surface area (Å²) in [4.78, 5) is 2.70. The number of rotatable bonds is 6. The Morgan fingerprint density at radius 2 is 2.05 bits per heavy atom. The Labute approximate surface area is 127 Å². The van der Waals surface area contributed by atoms with E-state index in [1.54, 1.807) is 18.2 Å². The van der Waals surface area contributed by atoms with Gasteiger partial charge in [-0.1, -0.05) is 19.1 Å². The third-order valence-corrected chi connectivity index (χ3v) is 5.41. The fourth-order valence-electron chi connectivity index (χ4n) is 2.72. The van der Waals surface area contributed by atoms with Crippen molar-refractivity contribution in [3.8, 4) is 0 Å². The van der Waals surface area contributed by atoms with Crippen molar-refractivity contribution in [2.75, 3.05) is 19.6 Å². The van der Waals surface area contributed by atoms with Crippen LogP contribution in [0.25, 0.3) is 0 Å². The molecule has 1 fully saturated rings. The number of likely N-dealkylation sites (tertiary alicyclic amines) is 1. The molecule has 0 atom stereocenters. The zero-order chi connectivity index (χ0) is 15.3.